The van der Waals surface area contributed by atoms with Gasteiger partial charge in [-0.25, -0.2) is 8.42 Å². The van der Waals surface area contributed by atoms with Crippen molar-refractivity contribution in [2.45, 2.75) is 25.0 Å². The largest absolute Gasteiger partial charge is 0.433 e. The lowest BCUT2D eigenvalue weighted by atomic mass is 10.4. The van der Waals surface area contributed by atoms with Gasteiger partial charge in [-0.1, -0.05) is 13.8 Å². The minimum absolute atomic E-state index is 0.377. The molecule has 1 rings (SSSR count). The number of halogens is 4. The molecule has 0 aliphatic heterocycles. The zero-order valence-electron chi connectivity index (χ0n) is 8.71. The van der Waals surface area contributed by atoms with Gasteiger partial charge in [-0.2, -0.15) is 18.3 Å². The van der Waals surface area contributed by atoms with E-state index in [-0.39, 0.29) is 0 Å². The fraction of sp³-hybridized carbons (Fsp3) is 0.571. The van der Waals surface area contributed by atoms with Crippen LogP contribution in [0.1, 0.15) is 19.5 Å². The Morgan fingerprint density at radius 1 is 1.38 bits per heavy atom. The van der Waals surface area contributed by atoms with Crippen molar-refractivity contribution in [2.75, 3.05) is 0 Å². The molecule has 0 spiro atoms. The highest BCUT2D eigenvalue weighted by Gasteiger charge is 2.36. The maximum atomic E-state index is 12.2. The van der Waals surface area contributed by atoms with Crippen LogP contribution in [0.25, 0.3) is 0 Å². The molecule has 0 bridgehead atoms. The Labute approximate surface area is 95.4 Å². The molecule has 4 nitrogen and oxygen atoms in total. The maximum absolute atomic E-state index is 12.2. The van der Waals surface area contributed by atoms with Crippen LogP contribution in [0.3, 0.4) is 0 Å². The number of rotatable bonds is 1. The van der Waals surface area contributed by atoms with Crippen molar-refractivity contribution in [3.05, 3.63) is 11.8 Å². The number of hydrogen-bond acceptors (Lipinski definition) is 3. The number of aromatic nitrogens is 2. The molecule has 16 heavy (non-hydrogen) atoms. The summed E-state index contributed by atoms with van der Waals surface area (Å²) in [5.74, 6) is 0. The highest BCUT2D eigenvalue weighted by Crippen LogP contribution is 2.30. The summed E-state index contributed by atoms with van der Waals surface area (Å²) in [7, 11) is 1.58. The van der Waals surface area contributed by atoms with E-state index in [1.807, 2.05) is 13.8 Å². The second kappa shape index (κ2) is 5.05. The van der Waals surface area contributed by atoms with Gasteiger partial charge in [-0.3, -0.25) is 4.68 Å². The van der Waals surface area contributed by atoms with E-state index in [2.05, 4.69) is 5.10 Å². The van der Waals surface area contributed by atoms with Gasteiger partial charge < -0.3 is 0 Å². The minimum atomic E-state index is -4.65. The van der Waals surface area contributed by atoms with Crippen molar-refractivity contribution < 1.29 is 21.6 Å². The SMILES string of the molecule is CC.Cn1nc(S(=O)(=O)Cl)cc1C(F)(F)F. The van der Waals surface area contributed by atoms with Gasteiger partial charge >= 0.3 is 6.18 Å². The molecule has 0 N–H and O–H groups in total. The molecule has 0 saturated heterocycles. The van der Waals surface area contributed by atoms with Crippen molar-refractivity contribution >= 4 is 19.7 Å². The summed E-state index contributed by atoms with van der Waals surface area (Å²) < 4.78 is 58.2. The van der Waals surface area contributed by atoms with Crippen LogP contribution < -0.4 is 0 Å². The Bertz CT molecular complexity index is 453. The van der Waals surface area contributed by atoms with Gasteiger partial charge in [0.1, 0.15) is 5.69 Å². The third-order valence-electron chi connectivity index (χ3n) is 1.40. The zero-order chi connectivity index (χ0) is 13.1. The predicted octanol–water partition coefficient (Wildman–Crippen LogP) is 2.39. The van der Waals surface area contributed by atoms with E-state index in [0.29, 0.717) is 10.7 Å². The molecule has 9 heteroatoms. The fourth-order valence-corrected chi connectivity index (χ4v) is 1.52. The van der Waals surface area contributed by atoms with Crippen molar-refractivity contribution in [1.29, 1.82) is 0 Å². The Morgan fingerprint density at radius 3 is 2.00 bits per heavy atom. The molecule has 1 aromatic rings. The van der Waals surface area contributed by atoms with Crippen LogP contribution in [0.5, 0.6) is 0 Å². The lowest BCUT2D eigenvalue weighted by Crippen LogP contribution is -2.11. The molecular formula is C7H10ClF3N2O2S. The first-order valence-corrected chi connectivity index (χ1v) is 6.49. The quantitative estimate of drug-likeness (QED) is 0.741. The second-order valence-corrected chi connectivity index (χ2v) is 4.94. The van der Waals surface area contributed by atoms with Crippen LogP contribution in [0.15, 0.2) is 11.1 Å². The highest BCUT2D eigenvalue weighted by molar-refractivity contribution is 8.13. The van der Waals surface area contributed by atoms with Gasteiger partial charge in [0.2, 0.25) is 0 Å². The highest BCUT2D eigenvalue weighted by atomic mass is 35.7. The molecular weight excluding hydrogens is 269 g/mol. The predicted molar refractivity (Wildman–Crippen MR) is 52.6 cm³/mol. The topological polar surface area (TPSA) is 52.0 Å². The number of alkyl halides is 3. The molecule has 0 aliphatic rings. The van der Waals surface area contributed by atoms with Gasteiger partial charge in [0.25, 0.3) is 9.05 Å². The molecule has 0 fully saturated rings. The van der Waals surface area contributed by atoms with Crippen molar-refractivity contribution in [3.63, 3.8) is 0 Å². The van der Waals surface area contributed by atoms with Crippen molar-refractivity contribution in [3.8, 4) is 0 Å². The monoisotopic (exact) mass is 278 g/mol. The molecule has 0 amide bonds. The summed E-state index contributed by atoms with van der Waals surface area (Å²) >= 11 is 0. The normalized spacial score (nSPS) is 11.9. The average molecular weight is 279 g/mol. The third-order valence-corrected chi connectivity index (χ3v) is 2.57. The summed E-state index contributed by atoms with van der Waals surface area (Å²) in [6.45, 7) is 4.00. The van der Waals surface area contributed by atoms with Crippen LogP contribution in [0.2, 0.25) is 0 Å². The van der Waals surface area contributed by atoms with E-state index in [0.717, 1.165) is 7.05 Å². The molecule has 0 atom stereocenters. The average Bonchev–Trinajstić information content (AvgIpc) is 2.49. The molecule has 0 radical (unpaired) electrons. The first-order valence-electron chi connectivity index (χ1n) is 4.18. The summed E-state index contributed by atoms with van der Waals surface area (Å²) in [5.41, 5.74) is -1.17. The first-order chi connectivity index (χ1) is 7.12. The Hall–Kier alpha value is -0.760. The Morgan fingerprint density at radius 2 is 1.81 bits per heavy atom. The van der Waals surface area contributed by atoms with Crippen LogP contribution in [0.4, 0.5) is 13.2 Å². The maximum Gasteiger partial charge on any atom is 0.433 e. The van der Waals surface area contributed by atoms with Crippen molar-refractivity contribution in [2.24, 2.45) is 7.05 Å². The summed E-state index contributed by atoms with van der Waals surface area (Å²) in [6.07, 6.45) is -4.65. The second-order valence-electron chi connectivity index (χ2n) is 2.43. The van der Waals surface area contributed by atoms with Gasteiger partial charge in [0.15, 0.2) is 5.03 Å². The van der Waals surface area contributed by atoms with Crippen LogP contribution in [-0.4, -0.2) is 18.2 Å². The zero-order valence-corrected chi connectivity index (χ0v) is 10.3. The summed E-state index contributed by atoms with van der Waals surface area (Å²) in [6, 6.07) is 0.377. The first kappa shape index (κ1) is 15.2. The molecule has 1 heterocycles. The Kier molecular flexibility index (Phi) is 4.81. The Balaban J connectivity index is 0.00000106. The smallest absolute Gasteiger partial charge is 0.262 e. The fourth-order valence-electron chi connectivity index (χ4n) is 0.825. The minimum Gasteiger partial charge on any atom is -0.262 e. The molecule has 0 aromatic carbocycles. The summed E-state index contributed by atoms with van der Waals surface area (Å²) in [5, 5.41) is 2.31. The van der Waals surface area contributed by atoms with Gasteiger partial charge in [0.05, 0.1) is 0 Å². The molecule has 0 aliphatic carbocycles. The van der Waals surface area contributed by atoms with Crippen molar-refractivity contribution in [1.82, 2.24) is 9.78 Å². The number of nitrogens with zero attached hydrogens (tertiary/aromatic N) is 2. The van der Waals surface area contributed by atoms with E-state index in [4.69, 9.17) is 10.7 Å². The number of aryl methyl sites for hydroxylation is 1. The lowest BCUT2D eigenvalue weighted by Gasteiger charge is -2.04. The molecule has 0 unspecified atom stereocenters. The van der Waals surface area contributed by atoms with E-state index in [1.165, 1.54) is 0 Å². The van der Waals surface area contributed by atoms with E-state index < -0.39 is 25.9 Å². The van der Waals surface area contributed by atoms with Crippen LogP contribution in [-0.2, 0) is 22.3 Å². The molecule has 1 aromatic heterocycles. The van der Waals surface area contributed by atoms with Crippen LogP contribution >= 0.6 is 10.7 Å². The molecule has 94 valence electrons. The molecule has 0 saturated carbocycles. The standard InChI is InChI=1S/C5H4ClF3N2O2S.C2H6/c1-11-3(5(7,8)9)2-4(10-11)14(6,12)13;1-2/h2H,1H3;1-2H3. The van der Waals surface area contributed by atoms with E-state index in [9.17, 15) is 21.6 Å². The van der Waals surface area contributed by atoms with E-state index in [1.54, 1.807) is 0 Å². The summed E-state index contributed by atoms with van der Waals surface area (Å²) in [4.78, 5) is 0. The number of hydrogen-bond donors (Lipinski definition) is 0. The van der Waals surface area contributed by atoms with Gasteiger partial charge in [-0.15, -0.1) is 0 Å². The van der Waals surface area contributed by atoms with Gasteiger partial charge in [-0.05, 0) is 0 Å². The van der Waals surface area contributed by atoms with Gasteiger partial charge in [0, 0.05) is 23.8 Å². The third kappa shape index (κ3) is 3.67. The van der Waals surface area contributed by atoms with Crippen LogP contribution in [0, 0.1) is 0 Å². The lowest BCUT2D eigenvalue weighted by molar-refractivity contribution is -0.143. The van der Waals surface area contributed by atoms with E-state index >= 15 is 0 Å².